The lowest BCUT2D eigenvalue weighted by Gasteiger charge is -2.30. The summed E-state index contributed by atoms with van der Waals surface area (Å²) < 4.78 is 74.2. The van der Waals surface area contributed by atoms with E-state index in [0.29, 0.717) is 13.1 Å². The number of anilines is 1. The van der Waals surface area contributed by atoms with Gasteiger partial charge in [-0.25, -0.2) is 8.42 Å². The normalized spacial score (nSPS) is 23.9. The number of amides is 1. The minimum atomic E-state index is -4.88. The van der Waals surface area contributed by atoms with Crippen LogP contribution in [-0.2, 0) is 14.8 Å². The van der Waals surface area contributed by atoms with Gasteiger partial charge in [-0.3, -0.25) is 9.52 Å². The Morgan fingerprint density at radius 1 is 1.32 bits per heavy atom. The van der Waals surface area contributed by atoms with E-state index in [4.69, 9.17) is 9.47 Å². The summed E-state index contributed by atoms with van der Waals surface area (Å²) in [6.07, 6.45) is -5.10. The summed E-state index contributed by atoms with van der Waals surface area (Å²) in [7, 11) is -1.49. The van der Waals surface area contributed by atoms with Crippen molar-refractivity contribution >= 4 is 21.6 Å². The van der Waals surface area contributed by atoms with E-state index in [2.05, 4.69) is 5.32 Å². The lowest BCUT2D eigenvalue weighted by molar-refractivity contribution is -0.106. The van der Waals surface area contributed by atoms with Gasteiger partial charge in [0.25, 0.3) is 5.91 Å². The molecule has 0 spiro atoms. The van der Waals surface area contributed by atoms with Crippen LogP contribution in [0.5, 0.6) is 5.75 Å². The molecule has 176 valence electrons. The number of fused-ring (bicyclic) bond motifs is 1. The van der Waals surface area contributed by atoms with Crippen LogP contribution in [0.25, 0.3) is 0 Å². The van der Waals surface area contributed by atoms with Crippen LogP contribution in [0.1, 0.15) is 24.2 Å². The maximum Gasteiger partial charge on any atom is 0.404 e. The third-order valence-electron chi connectivity index (χ3n) is 4.85. The van der Waals surface area contributed by atoms with Gasteiger partial charge in [-0.15, -0.1) is 0 Å². The van der Waals surface area contributed by atoms with Crippen LogP contribution in [0, 0.1) is 5.92 Å². The number of methoxy groups -OCH3 is 1. The molecule has 31 heavy (non-hydrogen) atoms. The molecule has 1 heterocycles. The third-order valence-corrected chi connectivity index (χ3v) is 6.11. The monoisotopic (exact) mass is 467 g/mol. The zero-order chi connectivity index (χ0) is 23.4. The molecule has 0 saturated carbocycles. The number of rotatable bonds is 4. The summed E-state index contributed by atoms with van der Waals surface area (Å²) in [5, 5.41) is 3.30. The SMILES string of the molecule is CO[C@H]1CN(C)C(=O)c2ccc(NS(=O)(=O)CC(F)(F)F)cc2OC[C@H](C)NC[C@H]1C. The Bertz CT molecular complexity index is 879. The van der Waals surface area contributed by atoms with Crippen LogP contribution in [0.3, 0.4) is 0 Å². The maximum atomic E-state index is 13.0. The minimum absolute atomic E-state index is 0.0697. The first-order valence-corrected chi connectivity index (χ1v) is 11.3. The molecule has 1 aromatic rings. The largest absolute Gasteiger partial charge is 0.491 e. The van der Waals surface area contributed by atoms with Gasteiger partial charge in [-0.1, -0.05) is 6.92 Å². The highest BCUT2D eigenvalue weighted by molar-refractivity contribution is 7.92. The highest BCUT2D eigenvalue weighted by Crippen LogP contribution is 2.27. The maximum absolute atomic E-state index is 13.0. The van der Waals surface area contributed by atoms with Crippen LogP contribution in [0.15, 0.2) is 18.2 Å². The van der Waals surface area contributed by atoms with E-state index in [1.807, 2.05) is 18.6 Å². The predicted octanol–water partition coefficient (Wildman–Crippen LogP) is 2.08. The second kappa shape index (κ2) is 10.0. The molecule has 0 fully saturated rings. The number of benzene rings is 1. The van der Waals surface area contributed by atoms with Crippen molar-refractivity contribution in [1.29, 1.82) is 0 Å². The first-order chi connectivity index (χ1) is 14.3. The Morgan fingerprint density at radius 2 is 2.00 bits per heavy atom. The van der Waals surface area contributed by atoms with Crippen LogP contribution in [-0.4, -0.2) is 77.2 Å². The van der Waals surface area contributed by atoms with Gasteiger partial charge in [-0.2, -0.15) is 13.2 Å². The van der Waals surface area contributed by atoms with Crippen LogP contribution >= 0.6 is 0 Å². The van der Waals surface area contributed by atoms with Crippen molar-refractivity contribution in [3.8, 4) is 5.75 Å². The van der Waals surface area contributed by atoms with E-state index in [1.54, 1.807) is 14.2 Å². The van der Waals surface area contributed by atoms with Gasteiger partial charge in [0.2, 0.25) is 10.0 Å². The fraction of sp³-hybridized carbons (Fsp3) is 0.632. The molecule has 1 amide bonds. The Balaban J connectivity index is 2.35. The number of hydrogen-bond acceptors (Lipinski definition) is 6. The molecule has 0 bridgehead atoms. The molecule has 0 aliphatic carbocycles. The number of likely N-dealkylation sites (N-methyl/N-ethyl adjacent to an activating group) is 1. The molecule has 0 saturated heterocycles. The number of nitrogens with zero attached hydrogens (tertiary/aromatic N) is 1. The van der Waals surface area contributed by atoms with Crippen molar-refractivity contribution < 1.29 is 35.9 Å². The van der Waals surface area contributed by atoms with Gasteiger partial charge in [0, 0.05) is 39.4 Å². The molecule has 0 aromatic heterocycles. The fourth-order valence-electron chi connectivity index (χ4n) is 3.15. The molecular weight excluding hydrogens is 439 g/mol. The summed E-state index contributed by atoms with van der Waals surface area (Å²) in [5.41, 5.74) is 0.0334. The average molecular weight is 468 g/mol. The Morgan fingerprint density at radius 3 is 2.61 bits per heavy atom. The van der Waals surface area contributed by atoms with E-state index in [0.717, 1.165) is 0 Å². The number of halogens is 3. The minimum Gasteiger partial charge on any atom is -0.491 e. The summed E-state index contributed by atoms with van der Waals surface area (Å²) in [6, 6.07) is 3.66. The van der Waals surface area contributed by atoms with Crippen molar-refractivity contribution in [3.63, 3.8) is 0 Å². The van der Waals surface area contributed by atoms with Crippen LogP contribution < -0.4 is 14.8 Å². The molecule has 8 nitrogen and oxygen atoms in total. The highest BCUT2D eigenvalue weighted by Gasteiger charge is 2.35. The molecule has 1 aliphatic rings. The van der Waals surface area contributed by atoms with E-state index in [9.17, 15) is 26.4 Å². The topological polar surface area (TPSA) is 97.0 Å². The fourth-order valence-corrected chi connectivity index (χ4v) is 4.14. The summed E-state index contributed by atoms with van der Waals surface area (Å²) in [4.78, 5) is 14.4. The van der Waals surface area contributed by atoms with E-state index in [-0.39, 0.29) is 47.6 Å². The molecule has 1 aromatic carbocycles. The summed E-state index contributed by atoms with van der Waals surface area (Å²) >= 11 is 0. The van der Waals surface area contributed by atoms with E-state index >= 15 is 0 Å². The van der Waals surface area contributed by atoms with Gasteiger partial charge in [-0.05, 0) is 25.0 Å². The Labute approximate surface area is 180 Å². The first-order valence-electron chi connectivity index (χ1n) is 9.67. The van der Waals surface area contributed by atoms with Crippen molar-refractivity contribution in [2.75, 3.05) is 44.3 Å². The Kier molecular flexibility index (Phi) is 8.17. The predicted molar refractivity (Wildman–Crippen MR) is 110 cm³/mol. The zero-order valence-corrected chi connectivity index (χ0v) is 18.6. The number of carbonyl (C=O) groups is 1. The molecule has 0 unspecified atom stereocenters. The smallest absolute Gasteiger partial charge is 0.404 e. The van der Waals surface area contributed by atoms with Crippen molar-refractivity contribution in [2.45, 2.75) is 32.2 Å². The number of sulfonamides is 1. The van der Waals surface area contributed by atoms with Crippen molar-refractivity contribution in [2.24, 2.45) is 5.92 Å². The van der Waals surface area contributed by atoms with E-state index < -0.39 is 22.0 Å². The highest BCUT2D eigenvalue weighted by atomic mass is 32.2. The molecule has 1 aliphatic heterocycles. The number of ether oxygens (including phenoxy) is 2. The first kappa shape index (κ1) is 25.2. The van der Waals surface area contributed by atoms with Gasteiger partial charge in [0.15, 0.2) is 5.75 Å². The zero-order valence-electron chi connectivity index (χ0n) is 17.8. The lowest BCUT2D eigenvalue weighted by atomic mass is 10.0. The van der Waals surface area contributed by atoms with Gasteiger partial charge in [0.1, 0.15) is 12.4 Å². The quantitative estimate of drug-likeness (QED) is 0.704. The van der Waals surface area contributed by atoms with Crippen LogP contribution in [0.4, 0.5) is 18.9 Å². The van der Waals surface area contributed by atoms with Gasteiger partial charge < -0.3 is 19.7 Å². The number of carbonyl (C=O) groups excluding carboxylic acids is 1. The molecule has 3 atom stereocenters. The van der Waals surface area contributed by atoms with Gasteiger partial charge >= 0.3 is 6.18 Å². The molecule has 0 radical (unpaired) electrons. The summed E-state index contributed by atoms with van der Waals surface area (Å²) in [6.45, 7) is 4.98. The van der Waals surface area contributed by atoms with Crippen LogP contribution in [0.2, 0.25) is 0 Å². The van der Waals surface area contributed by atoms with Crippen molar-refractivity contribution in [1.82, 2.24) is 10.2 Å². The molecular formula is C19H28F3N3O5S. The second-order valence-corrected chi connectivity index (χ2v) is 9.47. The number of hydrogen-bond donors (Lipinski definition) is 2. The third kappa shape index (κ3) is 7.54. The van der Waals surface area contributed by atoms with E-state index in [1.165, 1.54) is 23.1 Å². The molecule has 2 N–H and O–H groups in total. The number of nitrogens with one attached hydrogen (secondary N) is 2. The molecule has 2 rings (SSSR count). The van der Waals surface area contributed by atoms with Crippen molar-refractivity contribution in [3.05, 3.63) is 23.8 Å². The number of alkyl halides is 3. The average Bonchev–Trinajstić information content (AvgIpc) is 2.65. The molecule has 12 heteroatoms. The lowest BCUT2D eigenvalue weighted by Crippen LogP contribution is -2.44. The second-order valence-electron chi connectivity index (χ2n) is 7.74. The standard InChI is InChI=1S/C19H28F3N3O5S/c1-12-8-23-13(2)10-30-16-7-14(24-31(27,28)11-19(20,21)22)5-6-15(16)18(26)25(3)9-17(12)29-4/h5-7,12-13,17,23-24H,8-11H2,1-4H3/t12-,13+,17+/m1/s1. The van der Waals surface area contributed by atoms with Gasteiger partial charge in [0.05, 0.1) is 17.4 Å². The summed E-state index contributed by atoms with van der Waals surface area (Å²) in [5.74, 6) is -2.21. The Hall–Kier alpha value is -2.05.